The van der Waals surface area contributed by atoms with Crippen LogP contribution in [0.4, 0.5) is 0 Å². The first kappa shape index (κ1) is 31.6. The predicted octanol–water partition coefficient (Wildman–Crippen LogP) is 2.04. The summed E-state index contributed by atoms with van der Waals surface area (Å²) in [7, 11) is -2.05. The number of piperazine rings is 1. The summed E-state index contributed by atoms with van der Waals surface area (Å²) in [5, 5.41) is 0. The Morgan fingerprint density at radius 1 is 0.886 bits per heavy atom. The molecule has 0 bridgehead atoms. The number of hydrogen-bond donors (Lipinski definition) is 2. The fourth-order valence-electron chi connectivity index (χ4n) is 5.05. The van der Waals surface area contributed by atoms with E-state index < -0.39 is 21.3 Å². The number of sulfonamides is 1. The van der Waals surface area contributed by atoms with Crippen molar-refractivity contribution in [3.05, 3.63) is 74.9 Å². The number of ether oxygens (including phenoxy) is 3. The number of aromatic nitrogens is 4. The van der Waals surface area contributed by atoms with Crippen molar-refractivity contribution in [2.75, 3.05) is 59.7 Å². The number of benzene rings is 2. The molecule has 2 aromatic carbocycles. The predicted molar refractivity (Wildman–Crippen MR) is 165 cm³/mol. The van der Waals surface area contributed by atoms with Crippen LogP contribution in [0.25, 0.3) is 22.6 Å². The SMILES string of the molecule is CCCn1c(=O)[nH]c2nc(-c3ccc(S(=O)(=O)N4CCN(Cc5ccc(OCCOCCOC)cc5)CC4)cc3)[nH]c2c1=O. The van der Waals surface area contributed by atoms with E-state index >= 15 is 0 Å². The highest BCUT2D eigenvalue weighted by molar-refractivity contribution is 7.89. The first-order valence-corrected chi connectivity index (χ1v) is 16.1. The highest BCUT2D eigenvalue weighted by atomic mass is 32.2. The topological polar surface area (TPSA) is 152 Å². The lowest BCUT2D eigenvalue weighted by molar-refractivity contribution is 0.0544. The molecule has 2 aromatic heterocycles. The van der Waals surface area contributed by atoms with E-state index in [2.05, 4.69) is 19.9 Å². The molecule has 13 nitrogen and oxygen atoms in total. The second-order valence-corrected chi connectivity index (χ2v) is 12.4. The van der Waals surface area contributed by atoms with Gasteiger partial charge >= 0.3 is 5.69 Å². The first-order valence-electron chi connectivity index (χ1n) is 14.6. The van der Waals surface area contributed by atoms with Gasteiger partial charge in [0.05, 0.1) is 24.7 Å². The number of rotatable bonds is 14. The Hall–Kier alpha value is -3.82. The van der Waals surface area contributed by atoms with Gasteiger partial charge in [-0.05, 0) is 48.4 Å². The van der Waals surface area contributed by atoms with E-state index in [1.807, 2.05) is 31.2 Å². The van der Waals surface area contributed by atoms with Gasteiger partial charge in [-0.15, -0.1) is 0 Å². The molecule has 0 radical (unpaired) electrons. The number of nitrogens with zero attached hydrogens (tertiary/aromatic N) is 4. The van der Waals surface area contributed by atoms with Gasteiger partial charge in [-0.25, -0.2) is 18.2 Å². The fraction of sp³-hybridized carbons (Fsp3) is 0.433. The van der Waals surface area contributed by atoms with Crippen LogP contribution in [0.1, 0.15) is 18.9 Å². The number of H-pyrrole nitrogens is 2. The molecule has 4 aromatic rings. The maximum atomic E-state index is 13.4. The Bertz CT molecular complexity index is 1760. The molecule has 14 heteroatoms. The number of fused-ring (bicyclic) bond motifs is 1. The molecule has 5 rings (SSSR count). The molecule has 0 aliphatic carbocycles. The standard InChI is InChI=1S/C30H38N6O7S/c1-3-12-36-29(37)26-28(33-30(36)38)32-27(31-26)23-6-10-25(11-7-23)44(39,40)35-15-13-34(14-16-35)21-22-4-8-24(9-5-22)43-20-19-42-18-17-41-2/h4-11H,3,12-21H2,1-2H3,(H,31,32)(H,33,38). The average Bonchev–Trinajstić information content (AvgIpc) is 3.46. The Labute approximate surface area is 255 Å². The minimum Gasteiger partial charge on any atom is -0.491 e. The van der Waals surface area contributed by atoms with E-state index in [0.717, 1.165) is 22.4 Å². The molecule has 1 fully saturated rings. The average molecular weight is 627 g/mol. The number of hydrogen-bond acceptors (Lipinski definition) is 9. The van der Waals surface area contributed by atoms with E-state index in [9.17, 15) is 18.0 Å². The van der Waals surface area contributed by atoms with Crippen molar-refractivity contribution in [2.24, 2.45) is 0 Å². The van der Waals surface area contributed by atoms with Crippen LogP contribution in [0.15, 0.2) is 63.0 Å². The molecule has 0 unspecified atom stereocenters. The summed E-state index contributed by atoms with van der Waals surface area (Å²) < 4.78 is 45.5. The Kier molecular flexibility index (Phi) is 10.3. The molecular weight excluding hydrogens is 588 g/mol. The van der Waals surface area contributed by atoms with E-state index in [-0.39, 0.29) is 16.1 Å². The Balaban J connectivity index is 1.15. The van der Waals surface area contributed by atoms with E-state index in [0.29, 0.717) is 77.0 Å². The van der Waals surface area contributed by atoms with Gasteiger partial charge in [-0.3, -0.25) is 19.2 Å². The second-order valence-electron chi connectivity index (χ2n) is 10.5. The van der Waals surface area contributed by atoms with Crippen molar-refractivity contribution in [1.82, 2.24) is 28.7 Å². The monoisotopic (exact) mass is 626 g/mol. The molecule has 0 spiro atoms. The number of methoxy groups -OCH3 is 1. The zero-order valence-electron chi connectivity index (χ0n) is 25.0. The smallest absolute Gasteiger partial charge is 0.330 e. The summed E-state index contributed by atoms with van der Waals surface area (Å²) in [4.78, 5) is 37.4. The normalized spacial score (nSPS) is 14.8. The van der Waals surface area contributed by atoms with Crippen molar-refractivity contribution in [2.45, 2.75) is 31.3 Å². The van der Waals surface area contributed by atoms with Gasteiger partial charge in [0.1, 0.15) is 23.7 Å². The van der Waals surface area contributed by atoms with Gasteiger partial charge in [0.25, 0.3) is 5.56 Å². The Morgan fingerprint density at radius 2 is 1.59 bits per heavy atom. The summed E-state index contributed by atoms with van der Waals surface area (Å²) in [5.74, 6) is 1.14. The molecule has 0 saturated carbocycles. The van der Waals surface area contributed by atoms with Gasteiger partial charge < -0.3 is 19.2 Å². The first-order chi connectivity index (χ1) is 21.3. The molecule has 236 valence electrons. The minimum absolute atomic E-state index is 0.167. The van der Waals surface area contributed by atoms with Crippen molar-refractivity contribution >= 4 is 21.2 Å². The second kappa shape index (κ2) is 14.3. The lowest BCUT2D eigenvalue weighted by Gasteiger charge is -2.34. The van der Waals surface area contributed by atoms with E-state index in [1.165, 1.54) is 16.4 Å². The molecule has 0 atom stereocenters. The zero-order valence-corrected chi connectivity index (χ0v) is 25.8. The van der Waals surface area contributed by atoms with Gasteiger partial charge in [-0.1, -0.05) is 19.1 Å². The van der Waals surface area contributed by atoms with Crippen LogP contribution >= 0.6 is 0 Å². The zero-order chi connectivity index (χ0) is 31.1. The quantitative estimate of drug-likeness (QED) is 0.200. The fourth-order valence-corrected chi connectivity index (χ4v) is 6.47. The van der Waals surface area contributed by atoms with Crippen LogP contribution in [0.2, 0.25) is 0 Å². The molecule has 1 saturated heterocycles. The van der Waals surface area contributed by atoms with E-state index in [4.69, 9.17) is 14.2 Å². The number of nitrogens with one attached hydrogen (secondary N) is 2. The van der Waals surface area contributed by atoms with Crippen molar-refractivity contribution in [1.29, 1.82) is 0 Å². The summed E-state index contributed by atoms with van der Waals surface area (Å²) in [6.45, 7) is 6.95. The third-order valence-corrected chi connectivity index (χ3v) is 9.35. The third kappa shape index (κ3) is 7.27. The lowest BCUT2D eigenvalue weighted by atomic mass is 10.2. The molecule has 44 heavy (non-hydrogen) atoms. The summed E-state index contributed by atoms with van der Waals surface area (Å²) in [6.07, 6.45) is 0.637. The Morgan fingerprint density at radius 3 is 2.27 bits per heavy atom. The van der Waals surface area contributed by atoms with Crippen LogP contribution in [0.3, 0.4) is 0 Å². The molecule has 0 amide bonds. The molecule has 1 aliphatic heterocycles. The molecule has 3 heterocycles. The highest BCUT2D eigenvalue weighted by Crippen LogP contribution is 2.23. The molecule has 2 N–H and O–H groups in total. The van der Waals surface area contributed by atoms with Crippen molar-refractivity contribution < 1.29 is 22.6 Å². The van der Waals surface area contributed by atoms with Gasteiger partial charge in [0.2, 0.25) is 10.0 Å². The van der Waals surface area contributed by atoms with Crippen molar-refractivity contribution in [3.8, 4) is 17.1 Å². The van der Waals surface area contributed by atoms with Gasteiger partial charge in [0, 0.05) is 51.9 Å². The van der Waals surface area contributed by atoms with Crippen LogP contribution < -0.4 is 16.0 Å². The summed E-state index contributed by atoms with van der Waals surface area (Å²) in [5.41, 5.74) is 1.14. The third-order valence-electron chi connectivity index (χ3n) is 7.44. The lowest BCUT2D eigenvalue weighted by Crippen LogP contribution is -2.48. The van der Waals surface area contributed by atoms with Crippen LogP contribution in [-0.4, -0.2) is 96.9 Å². The minimum atomic E-state index is -3.69. The highest BCUT2D eigenvalue weighted by Gasteiger charge is 2.28. The number of imidazole rings is 1. The molecule has 1 aliphatic rings. The van der Waals surface area contributed by atoms with Gasteiger partial charge in [-0.2, -0.15) is 4.31 Å². The van der Waals surface area contributed by atoms with E-state index in [1.54, 1.807) is 19.2 Å². The maximum Gasteiger partial charge on any atom is 0.330 e. The van der Waals surface area contributed by atoms with Crippen LogP contribution in [0, 0.1) is 0 Å². The van der Waals surface area contributed by atoms with Crippen LogP contribution in [-0.2, 0) is 32.6 Å². The van der Waals surface area contributed by atoms with Gasteiger partial charge in [0.15, 0.2) is 5.65 Å². The maximum absolute atomic E-state index is 13.4. The largest absolute Gasteiger partial charge is 0.491 e. The molecular formula is C30H38N6O7S. The summed E-state index contributed by atoms with van der Waals surface area (Å²) >= 11 is 0. The summed E-state index contributed by atoms with van der Waals surface area (Å²) in [6, 6.07) is 14.3. The number of aromatic amines is 2. The van der Waals surface area contributed by atoms with Crippen LogP contribution in [0.5, 0.6) is 5.75 Å². The van der Waals surface area contributed by atoms with Crippen molar-refractivity contribution in [3.63, 3.8) is 0 Å².